The van der Waals surface area contributed by atoms with Gasteiger partial charge < -0.3 is 14.2 Å². The molecule has 2 aromatic rings. The molecule has 0 unspecified atom stereocenters. The van der Waals surface area contributed by atoms with Crippen LogP contribution >= 0.6 is 0 Å². The van der Waals surface area contributed by atoms with Gasteiger partial charge in [0.2, 0.25) is 5.90 Å². The highest BCUT2D eigenvalue weighted by Crippen LogP contribution is 2.30. The topological polar surface area (TPSA) is 74.2 Å². The summed E-state index contributed by atoms with van der Waals surface area (Å²) in [6.45, 7) is 1.28. The van der Waals surface area contributed by atoms with Crippen LogP contribution in [0.25, 0.3) is 6.08 Å². The summed E-state index contributed by atoms with van der Waals surface area (Å²) < 4.78 is 29.1. The van der Waals surface area contributed by atoms with E-state index in [9.17, 15) is 14.0 Å². The second-order valence-electron chi connectivity index (χ2n) is 5.32. The molecule has 1 aliphatic rings. The van der Waals surface area contributed by atoms with Crippen molar-refractivity contribution < 1.29 is 28.2 Å². The Morgan fingerprint density at radius 3 is 2.65 bits per heavy atom. The average molecular weight is 355 g/mol. The lowest BCUT2D eigenvalue weighted by Crippen LogP contribution is -2.07. The molecule has 0 amide bonds. The zero-order chi connectivity index (χ0) is 18.7. The minimum atomic E-state index is -0.689. The molecule has 0 spiro atoms. The number of carbonyl (C=O) groups excluding carboxylic acids is 2. The first-order valence-corrected chi connectivity index (χ1v) is 7.62. The molecule has 1 aliphatic heterocycles. The Hall–Kier alpha value is -3.48. The molecule has 1 heterocycles. The number of hydrogen-bond donors (Lipinski definition) is 0. The van der Waals surface area contributed by atoms with Crippen LogP contribution in [0.1, 0.15) is 18.1 Å². The number of methoxy groups -OCH3 is 1. The maximum atomic E-state index is 13.8. The summed E-state index contributed by atoms with van der Waals surface area (Å²) in [7, 11) is 1.43. The number of carbonyl (C=O) groups is 2. The van der Waals surface area contributed by atoms with Crippen LogP contribution in [0.2, 0.25) is 0 Å². The fourth-order valence-corrected chi connectivity index (χ4v) is 2.33. The summed E-state index contributed by atoms with van der Waals surface area (Å²) in [4.78, 5) is 27.2. The molecule has 0 radical (unpaired) electrons. The number of cyclic esters (lactones) is 1. The van der Waals surface area contributed by atoms with Crippen LogP contribution in [0.4, 0.5) is 4.39 Å². The van der Waals surface area contributed by atoms with Crippen LogP contribution in [0, 0.1) is 5.82 Å². The maximum absolute atomic E-state index is 13.8. The van der Waals surface area contributed by atoms with Gasteiger partial charge in [-0.15, -0.1) is 0 Å². The molecule has 0 saturated heterocycles. The SMILES string of the molecule is COc1cc(/C=C2/N=C(c3ccccc3F)OC2=O)ccc1OC(C)=O. The predicted molar refractivity (Wildman–Crippen MR) is 91.3 cm³/mol. The van der Waals surface area contributed by atoms with Crippen molar-refractivity contribution in [3.63, 3.8) is 0 Å². The van der Waals surface area contributed by atoms with Gasteiger partial charge in [0.25, 0.3) is 0 Å². The summed E-state index contributed by atoms with van der Waals surface area (Å²) in [5.41, 5.74) is 0.695. The number of halogens is 1. The lowest BCUT2D eigenvalue weighted by atomic mass is 10.1. The highest BCUT2D eigenvalue weighted by atomic mass is 19.1. The summed E-state index contributed by atoms with van der Waals surface area (Å²) in [5, 5.41) is 0. The van der Waals surface area contributed by atoms with Gasteiger partial charge in [-0.2, -0.15) is 0 Å². The van der Waals surface area contributed by atoms with Crippen LogP contribution in [0.3, 0.4) is 0 Å². The van der Waals surface area contributed by atoms with Crippen molar-refractivity contribution in [2.75, 3.05) is 7.11 Å². The third kappa shape index (κ3) is 3.61. The number of esters is 2. The van der Waals surface area contributed by atoms with E-state index in [1.54, 1.807) is 18.2 Å². The summed E-state index contributed by atoms with van der Waals surface area (Å²) >= 11 is 0. The Morgan fingerprint density at radius 2 is 1.96 bits per heavy atom. The van der Waals surface area contributed by atoms with Gasteiger partial charge >= 0.3 is 11.9 Å². The van der Waals surface area contributed by atoms with Gasteiger partial charge in [0.05, 0.1) is 12.7 Å². The van der Waals surface area contributed by atoms with E-state index in [4.69, 9.17) is 14.2 Å². The maximum Gasteiger partial charge on any atom is 0.363 e. The average Bonchev–Trinajstić information content (AvgIpc) is 2.96. The first-order chi connectivity index (χ1) is 12.5. The molecule has 3 rings (SSSR count). The van der Waals surface area contributed by atoms with E-state index in [-0.39, 0.29) is 22.9 Å². The Labute approximate surface area is 148 Å². The number of aliphatic imine (C=N–C) groups is 1. The van der Waals surface area contributed by atoms with Crippen LogP contribution in [0.15, 0.2) is 53.2 Å². The van der Waals surface area contributed by atoms with E-state index >= 15 is 0 Å². The van der Waals surface area contributed by atoms with Crippen molar-refractivity contribution in [1.82, 2.24) is 0 Å². The van der Waals surface area contributed by atoms with Crippen molar-refractivity contribution in [2.24, 2.45) is 4.99 Å². The van der Waals surface area contributed by atoms with E-state index in [1.165, 1.54) is 44.4 Å². The van der Waals surface area contributed by atoms with Crippen molar-refractivity contribution in [1.29, 1.82) is 0 Å². The summed E-state index contributed by atoms with van der Waals surface area (Å²) in [6.07, 6.45) is 1.47. The third-order valence-corrected chi connectivity index (χ3v) is 3.47. The Balaban J connectivity index is 1.93. The molecule has 0 atom stereocenters. The standard InChI is InChI=1S/C19H14FNO5/c1-11(22)25-16-8-7-12(10-17(16)24-2)9-15-19(23)26-18(21-15)13-5-3-4-6-14(13)20/h3-10H,1-2H3/b15-9+. The highest BCUT2D eigenvalue weighted by Gasteiger charge is 2.26. The van der Waals surface area contributed by atoms with Crippen molar-refractivity contribution >= 4 is 23.9 Å². The van der Waals surface area contributed by atoms with Crippen LogP contribution in [0.5, 0.6) is 11.5 Å². The lowest BCUT2D eigenvalue weighted by Gasteiger charge is -2.08. The summed E-state index contributed by atoms with van der Waals surface area (Å²) in [6, 6.07) is 10.6. The molecule has 26 heavy (non-hydrogen) atoms. The molecular weight excluding hydrogens is 341 g/mol. The van der Waals surface area contributed by atoms with E-state index in [2.05, 4.69) is 4.99 Å². The zero-order valence-electron chi connectivity index (χ0n) is 14.0. The molecular formula is C19H14FNO5. The number of ether oxygens (including phenoxy) is 3. The smallest absolute Gasteiger partial charge is 0.363 e. The molecule has 0 N–H and O–H groups in total. The normalized spacial score (nSPS) is 14.8. The van der Waals surface area contributed by atoms with Gasteiger partial charge in [0, 0.05) is 6.92 Å². The van der Waals surface area contributed by atoms with E-state index in [0.717, 1.165) is 0 Å². The van der Waals surface area contributed by atoms with Crippen LogP contribution < -0.4 is 9.47 Å². The van der Waals surface area contributed by atoms with Crippen molar-refractivity contribution in [3.05, 3.63) is 65.1 Å². The lowest BCUT2D eigenvalue weighted by molar-refractivity contribution is -0.132. The molecule has 0 saturated carbocycles. The quantitative estimate of drug-likeness (QED) is 0.479. The molecule has 0 fully saturated rings. The predicted octanol–water partition coefficient (Wildman–Crippen LogP) is 3.10. The first kappa shape index (κ1) is 17.3. The third-order valence-electron chi connectivity index (χ3n) is 3.47. The van der Waals surface area contributed by atoms with Crippen molar-refractivity contribution in [2.45, 2.75) is 6.92 Å². The Kier molecular flexibility index (Phi) is 4.79. The van der Waals surface area contributed by atoms with Gasteiger partial charge in [0.1, 0.15) is 5.82 Å². The number of benzene rings is 2. The highest BCUT2D eigenvalue weighted by molar-refractivity contribution is 6.12. The second kappa shape index (κ2) is 7.18. The molecule has 7 heteroatoms. The number of rotatable bonds is 4. The fourth-order valence-electron chi connectivity index (χ4n) is 2.33. The van der Waals surface area contributed by atoms with Crippen molar-refractivity contribution in [3.8, 4) is 11.5 Å². The minimum absolute atomic E-state index is 0.0190. The molecule has 6 nitrogen and oxygen atoms in total. The Morgan fingerprint density at radius 1 is 1.19 bits per heavy atom. The molecule has 0 aliphatic carbocycles. The van der Waals surface area contributed by atoms with Gasteiger partial charge in [-0.25, -0.2) is 14.2 Å². The molecule has 0 bridgehead atoms. The second-order valence-corrected chi connectivity index (χ2v) is 5.32. The largest absolute Gasteiger partial charge is 0.493 e. The molecule has 0 aromatic heterocycles. The van der Waals surface area contributed by atoms with Gasteiger partial charge in [-0.1, -0.05) is 18.2 Å². The van der Waals surface area contributed by atoms with Gasteiger partial charge in [0.15, 0.2) is 17.2 Å². The van der Waals surface area contributed by atoms with Crippen LogP contribution in [-0.4, -0.2) is 24.9 Å². The molecule has 2 aromatic carbocycles. The van der Waals surface area contributed by atoms with Gasteiger partial charge in [-0.05, 0) is 35.9 Å². The van der Waals surface area contributed by atoms with Crippen LogP contribution in [-0.2, 0) is 14.3 Å². The van der Waals surface area contributed by atoms with E-state index < -0.39 is 17.8 Å². The monoisotopic (exact) mass is 355 g/mol. The van der Waals surface area contributed by atoms with E-state index in [0.29, 0.717) is 11.3 Å². The van der Waals surface area contributed by atoms with Gasteiger partial charge in [-0.3, -0.25) is 4.79 Å². The zero-order valence-corrected chi connectivity index (χ0v) is 14.0. The Bertz CT molecular complexity index is 949. The minimum Gasteiger partial charge on any atom is -0.493 e. The first-order valence-electron chi connectivity index (χ1n) is 7.62. The van der Waals surface area contributed by atoms with E-state index in [1.807, 2.05) is 0 Å². The number of hydrogen-bond acceptors (Lipinski definition) is 6. The summed E-state index contributed by atoms with van der Waals surface area (Å²) in [5.74, 6) is -1.22. The fraction of sp³-hybridized carbons (Fsp3) is 0.105. The number of nitrogens with zero attached hydrogens (tertiary/aromatic N) is 1. The molecule has 132 valence electrons.